The number of nitrogens with zero attached hydrogens (tertiary/aromatic N) is 1. The van der Waals surface area contributed by atoms with Crippen molar-refractivity contribution < 1.29 is 13.2 Å². The summed E-state index contributed by atoms with van der Waals surface area (Å²) >= 11 is 0. The van der Waals surface area contributed by atoms with Gasteiger partial charge in [0.2, 0.25) is 0 Å². The fraction of sp³-hybridized carbons (Fsp3) is 0.238. The van der Waals surface area contributed by atoms with Crippen LogP contribution in [0.3, 0.4) is 0 Å². The van der Waals surface area contributed by atoms with Crippen LogP contribution < -0.4 is 5.32 Å². The van der Waals surface area contributed by atoms with Crippen molar-refractivity contribution in [2.24, 2.45) is 0 Å². The second-order valence-corrected chi connectivity index (χ2v) is 9.24. The normalized spacial score (nSPS) is 18.5. The zero-order valence-electron chi connectivity index (χ0n) is 15.0. The van der Waals surface area contributed by atoms with Crippen LogP contribution in [0.15, 0.2) is 54.6 Å². The Morgan fingerprint density at radius 3 is 2.56 bits per heavy atom. The van der Waals surface area contributed by atoms with Crippen LogP contribution in [0.25, 0.3) is 22.2 Å². The van der Waals surface area contributed by atoms with Gasteiger partial charge < -0.3 is 5.32 Å². The predicted molar refractivity (Wildman–Crippen MR) is 106 cm³/mol. The van der Waals surface area contributed by atoms with E-state index in [1.165, 1.54) is 0 Å². The molecule has 0 bridgehead atoms. The minimum absolute atomic E-state index is 0.00652. The van der Waals surface area contributed by atoms with Gasteiger partial charge in [0.1, 0.15) is 0 Å². The molecule has 6 heteroatoms. The monoisotopic (exact) mass is 380 g/mol. The summed E-state index contributed by atoms with van der Waals surface area (Å²) in [6.07, 6.45) is 0.460. The van der Waals surface area contributed by atoms with Gasteiger partial charge in [-0.2, -0.15) is 0 Å². The first-order valence-corrected chi connectivity index (χ1v) is 10.7. The number of fused-ring (bicyclic) bond motifs is 1. The topological polar surface area (TPSA) is 76.1 Å². The van der Waals surface area contributed by atoms with Crippen LogP contribution in [0.1, 0.15) is 22.3 Å². The molecule has 1 fully saturated rings. The van der Waals surface area contributed by atoms with Crippen molar-refractivity contribution in [1.82, 2.24) is 10.3 Å². The maximum atomic E-state index is 12.9. The van der Waals surface area contributed by atoms with Gasteiger partial charge in [-0.1, -0.05) is 48.0 Å². The number of pyridine rings is 1. The number of rotatable bonds is 3. The molecule has 1 saturated heterocycles. The summed E-state index contributed by atoms with van der Waals surface area (Å²) in [6, 6.07) is 16.9. The van der Waals surface area contributed by atoms with Crippen LogP contribution in [-0.4, -0.2) is 36.9 Å². The number of carbonyl (C=O) groups excluding carboxylic acids is 1. The number of amides is 1. The van der Waals surface area contributed by atoms with E-state index < -0.39 is 9.84 Å². The van der Waals surface area contributed by atoms with Gasteiger partial charge in [-0.3, -0.25) is 4.79 Å². The standard InChI is InChI=1S/C21H20N2O3S/c1-14-6-8-15(9-7-14)20-12-18(17-4-2-3-5-19(17)23-20)21(24)22-16-10-11-27(25,26)13-16/h2-9,12,16H,10-11,13H2,1H3,(H,22,24)/t16-/m1/s1. The molecule has 1 aliphatic heterocycles. The smallest absolute Gasteiger partial charge is 0.252 e. The van der Waals surface area contributed by atoms with E-state index >= 15 is 0 Å². The molecule has 27 heavy (non-hydrogen) atoms. The lowest BCUT2D eigenvalue weighted by atomic mass is 10.0. The summed E-state index contributed by atoms with van der Waals surface area (Å²) in [5.41, 5.74) is 4.06. The number of carbonyl (C=O) groups is 1. The molecule has 1 aliphatic rings. The lowest BCUT2D eigenvalue weighted by molar-refractivity contribution is 0.0943. The molecule has 1 amide bonds. The summed E-state index contributed by atoms with van der Waals surface area (Å²) in [5, 5.41) is 3.64. The number of hydrogen-bond donors (Lipinski definition) is 1. The Bertz CT molecular complexity index is 1120. The molecule has 0 aliphatic carbocycles. The Morgan fingerprint density at radius 1 is 1.11 bits per heavy atom. The van der Waals surface area contributed by atoms with Gasteiger partial charge in [-0.25, -0.2) is 13.4 Å². The van der Waals surface area contributed by atoms with Crippen LogP contribution in [0.2, 0.25) is 0 Å². The zero-order valence-corrected chi connectivity index (χ0v) is 15.8. The lowest BCUT2D eigenvalue weighted by Gasteiger charge is -2.14. The van der Waals surface area contributed by atoms with Gasteiger partial charge in [0.25, 0.3) is 5.91 Å². The van der Waals surface area contributed by atoms with Crippen LogP contribution >= 0.6 is 0 Å². The molecule has 138 valence electrons. The first kappa shape index (κ1) is 17.7. The molecule has 0 spiro atoms. The third-order valence-corrected chi connectivity index (χ3v) is 6.64. The van der Waals surface area contributed by atoms with Gasteiger partial charge >= 0.3 is 0 Å². The molecule has 2 heterocycles. The van der Waals surface area contributed by atoms with Crippen LogP contribution in [0, 0.1) is 6.92 Å². The minimum atomic E-state index is -3.05. The van der Waals surface area contributed by atoms with E-state index in [0.717, 1.165) is 27.7 Å². The molecule has 0 unspecified atom stereocenters. The zero-order chi connectivity index (χ0) is 19.0. The number of nitrogens with one attached hydrogen (secondary N) is 1. The summed E-state index contributed by atoms with van der Waals surface area (Å²) in [5.74, 6) is -0.125. The highest BCUT2D eigenvalue weighted by molar-refractivity contribution is 7.91. The molecule has 1 aromatic heterocycles. The highest BCUT2D eigenvalue weighted by Crippen LogP contribution is 2.25. The van der Waals surface area contributed by atoms with Crippen molar-refractivity contribution in [3.8, 4) is 11.3 Å². The Balaban J connectivity index is 1.74. The number of aromatic nitrogens is 1. The molecule has 1 atom stereocenters. The Kier molecular flexibility index (Phi) is 4.44. The molecule has 0 radical (unpaired) electrons. The summed E-state index contributed by atoms with van der Waals surface area (Å²) in [7, 11) is -3.05. The first-order chi connectivity index (χ1) is 12.9. The lowest BCUT2D eigenvalue weighted by Crippen LogP contribution is -2.35. The van der Waals surface area contributed by atoms with E-state index in [1.807, 2.05) is 55.5 Å². The van der Waals surface area contributed by atoms with Crippen LogP contribution in [-0.2, 0) is 9.84 Å². The highest BCUT2D eigenvalue weighted by Gasteiger charge is 2.29. The Morgan fingerprint density at radius 2 is 1.85 bits per heavy atom. The average Bonchev–Trinajstić information content (AvgIpc) is 2.99. The minimum Gasteiger partial charge on any atom is -0.348 e. The predicted octanol–water partition coefficient (Wildman–Crippen LogP) is 3.13. The quantitative estimate of drug-likeness (QED) is 0.757. The third kappa shape index (κ3) is 3.71. The maximum Gasteiger partial charge on any atom is 0.252 e. The van der Waals surface area contributed by atoms with Gasteiger partial charge in [0.05, 0.1) is 28.3 Å². The van der Waals surface area contributed by atoms with E-state index in [0.29, 0.717) is 12.0 Å². The second kappa shape index (κ2) is 6.78. The van der Waals surface area contributed by atoms with Gasteiger partial charge in [0.15, 0.2) is 9.84 Å². The Labute approximate surface area is 158 Å². The fourth-order valence-corrected chi connectivity index (χ4v) is 5.08. The maximum absolute atomic E-state index is 12.9. The number of aryl methyl sites for hydroxylation is 1. The molecular formula is C21H20N2O3S. The molecular weight excluding hydrogens is 360 g/mol. The van der Waals surface area contributed by atoms with Crippen LogP contribution in [0.5, 0.6) is 0 Å². The summed E-state index contributed by atoms with van der Waals surface area (Å²) in [6.45, 7) is 2.02. The number of sulfone groups is 1. The van der Waals surface area contributed by atoms with E-state index in [1.54, 1.807) is 6.07 Å². The van der Waals surface area contributed by atoms with E-state index in [4.69, 9.17) is 4.98 Å². The molecule has 5 nitrogen and oxygen atoms in total. The van der Waals surface area contributed by atoms with E-state index in [-0.39, 0.29) is 23.5 Å². The third-order valence-electron chi connectivity index (χ3n) is 4.88. The highest BCUT2D eigenvalue weighted by atomic mass is 32.2. The molecule has 3 aromatic rings. The largest absolute Gasteiger partial charge is 0.348 e. The SMILES string of the molecule is Cc1ccc(-c2cc(C(=O)N[C@@H]3CCS(=O)(=O)C3)c3ccccc3n2)cc1. The molecule has 2 aromatic carbocycles. The molecule has 4 rings (SSSR count). The van der Waals surface area contributed by atoms with Gasteiger partial charge in [-0.15, -0.1) is 0 Å². The van der Waals surface area contributed by atoms with Gasteiger partial charge in [-0.05, 0) is 25.5 Å². The van der Waals surface area contributed by atoms with Crippen molar-refractivity contribution in [3.63, 3.8) is 0 Å². The van der Waals surface area contributed by atoms with E-state index in [2.05, 4.69) is 5.32 Å². The second-order valence-electron chi connectivity index (χ2n) is 7.01. The Hall–Kier alpha value is -2.73. The molecule has 0 saturated carbocycles. The average molecular weight is 380 g/mol. The van der Waals surface area contributed by atoms with Crippen molar-refractivity contribution in [1.29, 1.82) is 0 Å². The first-order valence-electron chi connectivity index (χ1n) is 8.89. The van der Waals surface area contributed by atoms with Gasteiger partial charge in [0, 0.05) is 17.0 Å². The summed E-state index contributed by atoms with van der Waals surface area (Å²) < 4.78 is 23.4. The number of hydrogen-bond acceptors (Lipinski definition) is 4. The number of para-hydroxylation sites is 1. The van der Waals surface area contributed by atoms with Crippen molar-refractivity contribution >= 4 is 26.6 Å². The van der Waals surface area contributed by atoms with Crippen molar-refractivity contribution in [2.75, 3.05) is 11.5 Å². The van der Waals surface area contributed by atoms with Crippen LogP contribution in [0.4, 0.5) is 0 Å². The van der Waals surface area contributed by atoms with Crippen molar-refractivity contribution in [3.05, 3.63) is 65.7 Å². The molecule has 1 N–H and O–H groups in total. The fourth-order valence-electron chi connectivity index (χ4n) is 3.41. The number of benzene rings is 2. The van der Waals surface area contributed by atoms with Crippen molar-refractivity contribution in [2.45, 2.75) is 19.4 Å². The summed E-state index contributed by atoms with van der Waals surface area (Å²) in [4.78, 5) is 17.6. The van der Waals surface area contributed by atoms with E-state index in [9.17, 15) is 13.2 Å².